The van der Waals surface area contributed by atoms with Crippen LogP contribution < -0.4 is 5.32 Å². The van der Waals surface area contributed by atoms with E-state index in [2.05, 4.69) is 16.1 Å². The number of piperazine rings is 1. The molecule has 2 aliphatic rings. The number of rotatable bonds is 1. The summed E-state index contributed by atoms with van der Waals surface area (Å²) in [6, 6.07) is 1.44. The van der Waals surface area contributed by atoms with E-state index in [1.54, 1.807) is 0 Å². The first kappa shape index (κ1) is 9.05. The van der Waals surface area contributed by atoms with Crippen molar-refractivity contribution in [3.05, 3.63) is 0 Å². The molecule has 0 amide bonds. The van der Waals surface area contributed by atoms with Gasteiger partial charge in [0.15, 0.2) is 0 Å². The molecule has 2 atom stereocenters. The molecule has 2 nitrogen and oxygen atoms in total. The quantitative estimate of drug-likeness (QED) is 0.598. The Labute approximate surface area is 80.7 Å². The molecule has 1 saturated carbocycles. The van der Waals surface area contributed by atoms with Gasteiger partial charge in [0.1, 0.15) is 0 Å². The van der Waals surface area contributed by atoms with Gasteiger partial charge in [0.2, 0.25) is 0 Å². The lowest BCUT2D eigenvalue weighted by Crippen LogP contribution is -2.58. The van der Waals surface area contributed by atoms with Crippen LogP contribution in [0.25, 0.3) is 0 Å². The lowest BCUT2D eigenvalue weighted by atomic mass is 9.87. The monoisotopic (exact) mass is 178 g/mol. The van der Waals surface area contributed by atoms with Gasteiger partial charge in [0, 0.05) is 25.2 Å². The van der Waals surface area contributed by atoms with Gasteiger partial charge in [-0.25, -0.2) is 0 Å². The van der Waals surface area contributed by atoms with Crippen LogP contribution >= 0.6 is 0 Å². The Morgan fingerprint density at radius 3 is 3.08 bits per heavy atom. The predicted molar refractivity (Wildman–Crippen MR) is 54.5 cm³/mol. The molecule has 2 fully saturated rings. The average molecular weight is 178 g/mol. The van der Waals surface area contributed by atoms with Crippen LogP contribution in [0.4, 0.5) is 0 Å². The molecule has 2 heteroatoms. The Bertz CT molecular complexity index is 205. The molecule has 0 aromatic carbocycles. The number of nitrogens with zero attached hydrogens (tertiary/aromatic N) is 1. The molecule has 0 aromatic heterocycles. The van der Waals surface area contributed by atoms with Crippen molar-refractivity contribution in [2.24, 2.45) is 0 Å². The fourth-order valence-electron chi connectivity index (χ4n) is 2.66. The molecule has 0 radical (unpaired) electrons. The molecule has 2 unspecified atom stereocenters. The maximum Gasteiger partial charge on any atom is 0.0602 e. The van der Waals surface area contributed by atoms with Gasteiger partial charge in [-0.05, 0) is 12.8 Å². The van der Waals surface area contributed by atoms with Crippen molar-refractivity contribution in [2.45, 2.75) is 37.8 Å². The maximum absolute atomic E-state index is 5.37. The third-order valence-corrected chi connectivity index (χ3v) is 3.30. The van der Waals surface area contributed by atoms with Crippen LogP contribution in [-0.4, -0.2) is 36.6 Å². The zero-order valence-electron chi connectivity index (χ0n) is 8.13. The topological polar surface area (TPSA) is 15.3 Å². The summed E-state index contributed by atoms with van der Waals surface area (Å²) in [5.74, 6) is 2.77. The summed E-state index contributed by atoms with van der Waals surface area (Å²) < 4.78 is 0. The second-order valence-corrected chi connectivity index (χ2v) is 4.09. The molecule has 1 saturated heterocycles. The van der Waals surface area contributed by atoms with Crippen molar-refractivity contribution in [3.8, 4) is 12.3 Å². The van der Waals surface area contributed by atoms with Crippen molar-refractivity contribution < 1.29 is 0 Å². The van der Waals surface area contributed by atoms with Gasteiger partial charge >= 0.3 is 0 Å². The molecule has 0 spiro atoms. The zero-order valence-corrected chi connectivity index (χ0v) is 8.13. The maximum atomic E-state index is 5.37. The molecule has 13 heavy (non-hydrogen) atoms. The Balaban J connectivity index is 1.99. The first-order valence-corrected chi connectivity index (χ1v) is 5.32. The minimum absolute atomic E-state index is 0.718. The zero-order chi connectivity index (χ0) is 9.10. The Hall–Kier alpha value is -0.520. The number of nitrogens with one attached hydrogen (secondary N) is 1. The highest BCUT2D eigenvalue weighted by atomic mass is 15.2. The van der Waals surface area contributed by atoms with E-state index in [0.29, 0.717) is 0 Å². The minimum Gasteiger partial charge on any atom is -0.311 e. The summed E-state index contributed by atoms with van der Waals surface area (Å²) in [6.07, 6.45) is 10.8. The Morgan fingerprint density at radius 2 is 2.23 bits per heavy atom. The molecule has 1 aliphatic heterocycles. The second kappa shape index (κ2) is 4.13. The molecule has 1 N–H and O–H groups in total. The smallest absolute Gasteiger partial charge is 0.0602 e. The summed E-state index contributed by atoms with van der Waals surface area (Å²) >= 11 is 0. The molecule has 0 bridgehead atoms. The lowest BCUT2D eigenvalue weighted by molar-refractivity contribution is 0.102. The second-order valence-electron chi connectivity index (χ2n) is 4.09. The van der Waals surface area contributed by atoms with Gasteiger partial charge in [-0.15, -0.1) is 6.42 Å². The van der Waals surface area contributed by atoms with E-state index in [1.807, 2.05) is 0 Å². The van der Waals surface area contributed by atoms with Crippen LogP contribution in [0.5, 0.6) is 0 Å². The van der Waals surface area contributed by atoms with Gasteiger partial charge in [0.05, 0.1) is 6.54 Å². The van der Waals surface area contributed by atoms with E-state index in [4.69, 9.17) is 6.42 Å². The van der Waals surface area contributed by atoms with Crippen molar-refractivity contribution >= 4 is 0 Å². The van der Waals surface area contributed by atoms with Crippen LogP contribution in [-0.2, 0) is 0 Å². The normalized spacial score (nSPS) is 35.0. The molecule has 72 valence electrons. The third kappa shape index (κ3) is 1.87. The van der Waals surface area contributed by atoms with Crippen molar-refractivity contribution in [1.82, 2.24) is 10.2 Å². The van der Waals surface area contributed by atoms with Crippen LogP contribution in [0.2, 0.25) is 0 Å². The van der Waals surface area contributed by atoms with E-state index in [1.165, 1.54) is 25.7 Å². The van der Waals surface area contributed by atoms with E-state index in [0.717, 1.165) is 31.7 Å². The molecule has 1 heterocycles. The van der Waals surface area contributed by atoms with E-state index in [9.17, 15) is 0 Å². The highest BCUT2D eigenvalue weighted by Gasteiger charge is 2.32. The fourth-order valence-corrected chi connectivity index (χ4v) is 2.66. The van der Waals surface area contributed by atoms with Crippen LogP contribution in [0, 0.1) is 12.3 Å². The Kier molecular flexibility index (Phi) is 2.87. The van der Waals surface area contributed by atoms with Gasteiger partial charge in [-0.1, -0.05) is 18.8 Å². The third-order valence-electron chi connectivity index (χ3n) is 3.30. The minimum atomic E-state index is 0.718. The van der Waals surface area contributed by atoms with E-state index < -0.39 is 0 Å². The highest BCUT2D eigenvalue weighted by Crippen LogP contribution is 2.24. The average Bonchev–Trinajstić information content (AvgIpc) is 2.19. The van der Waals surface area contributed by atoms with E-state index >= 15 is 0 Å². The molecule has 1 aliphatic carbocycles. The largest absolute Gasteiger partial charge is 0.311 e. The Morgan fingerprint density at radius 1 is 1.38 bits per heavy atom. The van der Waals surface area contributed by atoms with Crippen molar-refractivity contribution in [3.63, 3.8) is 0 Å². The van der Waals surface area contributed by atoms with Crippen LogP contribution in [0.1, 0.15) is 25.7 Å². The van der Waals surface area contributed by atoms with Crippen LogP contribution in [0.15, 0.2) is 0 Å². The fraction of sp³-hybridized carbons (Fsp3) is 0.818. The standard InChI is InChI=1S/C11H18N2/c1-2-8-13-9-7-12-10-5-3-4-6-11(10)13/h1,10-12H,3-9H2. The van der Waals surface area contributed by atoms with E-state index in [-0.39, 0.29) is 0 Å². The van der Waals surface area contributed by atoms with Gasteiger partial charge < -0.3 is 5.32 Å². The number of hydrogen-bond donors (Lipinski definition) is 1. The number of hydrogen-bond acceptors (Lipinski definition) is 2. The summed E-state index contributed by atoms with van der Waals surface area (Å²) in [7, 11) is 0. The predicted octanol–water partition coefficient (Wildman–Crippen LogP) is 0.836. The van der Waals surface area contributed by atoms with Gasteiger partial charge in [0.25, 0.3) is 0 Å². The molecular weight excluding hydrogens is 160 g/mol. The summed E-state index contributed by atoms with van der Waals surface area (Å²) in [6.45, 7) is 3.08. The van der Waals surface area contributed by atoms with Crippen LogP contribution in [0.3, 0.4) is 0 Å². The van der Waals surface area contributed by atoms with Gasteiger partial charge in [-0.3, -0.25) is 4.90 Å². The van der Waals surface area contributed by atoms with Crippen molar-refractivity contribution in [1.29, 1.82) is 0 Å². The molecule has 2 rings (SSSR count). The summed E-state index contributed by atoms with van der Waals surface area (Å²) in [5.41, 5.74) is 0. The molecule has 0 aromatic rings. The van der Waals surface area contributed by atoms with Crippen molar-refractivity contribution in [2.75, 3.05) is 19.6 Å². The van der Waals surface area contributed by atoms with Gasteiger partial charge in [-0.2, -0.15) is 0 Å². The first-order chi connectivity index (χ1) is 6.42. The number of fused-ring (bicyclic) bond motifs is 1. The first-order valence-electron chi connectivity index (χ1n) is 5.32. The summed E-state index contributed by atoms with van der Waals surface area (Å²) in [5, 5.41) is 3.60. The molecular formula is C11H18N2. The SMILES string of the molecule is C#CCN1CCNC2CCCCC21. The lowest BCUT2D eigenvalue weighted by Gasteiger charge is -2.43. The summed E-state index contributed by atoms with van der Waals surface area (Å²) in [4.78, 5) is 2.47. The highest BCUT2D eigenvalue weighted by molar-refractivity contribution is 4.97. The number of terminal acetylenes is 1.